The number of carbonyl (C=O) groups excluding carboxylic acids is 1. The fraction of sp³-hybridized carbons (Fsp3) is 0.235. The average molecular weight is 423 g/mol. The van der Waals surface area contributed by atoms with E-state index in [1.807, 2.05) is 0 Å². The van der Waals surface area contributed by atoms with Crippen LogP contribution in [-0.4, -0.2) is 30.4 Å². The molecule has 0 saturated heterocycles. The van der Waals surface area contributed by atoms with Gasteiger partial charge in [-0.3, -0.25) is 24.3 Å². The molecule has 0 spiro atoms. The van der Waals surface area contributed by atoms with Gasteiger partial charge in [0, 0.05) is 21.8 Å². The molecule has 0 saturated carbocycles. The predicted octanol–water partition coefficient (Wildman–Crippen LogP) is 3.60. The Kier molecular flexibility index (Phi) is 5.66. The number of rotatable bonds is 6. The second-order valence-corrected chi connectivity index (χ2v) is 6.92. The van der Waals surface area contributed by atoms with E-state index in [4.69, 9.17) is 23.2 Å². The molecule has 0 atom stereocenters. The maximum Gasteiger partial charge on any atom is 0.312 e. The van der Waals surface area contributed by atoms with Crippen molar-refractivity contribution in [2.45, 2.75) is 26.9 Å². The second kappa shape index (κ2) is 7.99. The van der Waals surface area contributed by atoms with E-state index < -0.39 is 4.92 Å². The number of amides is 1. The number of aryl methyl sites for hydroxylation is 1. The van der Waals surface area contributed by atoms with Crippen LogP contribution in [0.5, 0.6) is 0 Å². The Morgan fingerprint density at radius 1 is 1.29 bits per heavy atom. The van der Waals surface area contributed by atoms with Gasteiger partial charge in [-0.25, -0.2) is 0 Å². The molecule has 0 radical (unpaired) electrons. The molecular formula is C17H16Cl2N6O3. The summed E-state index contributed by atoms with van der Waals surface area (Å²) in [4.78, 5) is 22.8. The van der Waals surface area contributed by atoms with E-state index in [0.717, 1.165) is 5.56 Å². The maximum absolute atomic E-state index is 12.3. The number of nitrogens with one attached hydrogen (secondary N) is 1. The minimum absolute atomic E-state index is 0.0859. The molecule has 0 unspecified atom stereocenters. The first-order chi connectivity index (χ1) is 13.3. The van der Waals surface area contributed by atoms with E-state index in [1.54, 1.807) is 36.0 Å². The lowest BCUT2D eigenvalue weighted by Crippen LogP contribution is -2.20. The molecule has 1 aromatic carbocycles. The summed E-state index contributed by atoms with van der Waals surface area (Å²) in [5.74, 6) is -0.379. The summed E-state index contributed by atoms with van der Waals surface area (Å²) >= 11 is 12.3. The first kappa shape index (κ1) is 19.8. The highest BCUT2D eigenvalue weighted by molar-refractivity contribution is 6.35. The molecule has 0 aliphatic carbocycles. The van der Waals surface area contributed by atoms with Crippen molar-refractivity contribution in [2.24, 2.45) is 0 Å². The van der Waals surface area contributed by atoms with Gasteiger partial charge in [-0.15, -0.1) is 0 Å². The third-order valence-corrected chi connectivity index (χ3v) is 4.83. The molecule has 2 heterocycles. The van der Waals surface area contributed by atoms with Gasteiger partial charge in [-0.05, 0) is 26.0 Å². The standard InChI is InChI=1S/C17H16Cl2N6O3/c1-10-17(25(27)28)11(2)24(22-10)9-16(26)21-12-6-20-23(7-12)8-13-14(18)4-3-5-15(13)19/h3-7H,8-9H2,1-2H3,(H,21,26). The number of halogens is 2. The molecular weight excluding hydrogens is 407 g/mol. The Bertz CT molecular complexity index is 1040. The third kappa shape index (κ3) is 4.15. The highest BCUT2D eigenvalue weighted by Crippen LogP contribution is 2.25. The van der Waals surface area contributed by atoms with Crippen LogP contribution in [0.3, 0.4) is 0 Å². The van der Waals surface area contributed by atoms with Crippen LogP contribution in [0.25, 0.3) is 0 Å². The number of carbonyl (C=O) groups is 1. The van der Waals surface area contributed by atoms with Crippen LogP contribution in [0.2, 0.25) is 10.0 Å². The van der Waals surface area contributed by atoms with Crippen molar-refractivity contribution in [3.63, 3.8) is 0 Å². The molecule has 0 fully saturated rings. The molecule has 11 heteroatoms. The molecule has 0 bridgehead atoms. The SMILES string of the molecule is Cc1nn(CC(=O)Nc2cnn(Cc3c(Cl)cccc3Cl)c2)c(C)c1[N+](=O)[O-]. The zero-order valence-electron chi connectivity index (χ0n) is 15.0. The Morgan fingerprint density at radius 2 is 1.96 bits per heavy atom. The summed E-state index contributed by atoms with van der Waals surface area (Å²) < 4.78 is 2.90. The van der Waals surface area contributed by atoms with E-state index in [9.17, 15) is 14.9 Å². The summed E-state index contributed by atoms with van der Waals surface area (Å²) in [5.41, 5.74) is 1.70. The second-order valence-electron chi connectivity index (χ2n) is 6.11. The Labute approximate surface area is 170 Å². The van der Waals surface area contributed by atoms with Crippen LogP contribution in [0.15, 0.2) is 30.6 Å². The van der Waals surface area contributed by atoms with Crippen molar-refractivity contribution in [1.29, 1.82) is 0 Å². The number of aromatic nitrogens is 4. The number of nitro groups is 1. The van der Waals surface area contributed by atoms with Gasteiger partial charge < -0.3 is 5.32 Å². The molecule has 146 valence electrons. The topological polar surface area (TPSA) is 108 Å². The van der Waals surface area contributed by atoms with Gasteiger partial charge in [-0.1, -0.05) is 29.3 Å². The lowest BCUT2D eigenvalue weighted by Gasteiger charge is -2.07. The first-order valence-electron chi connectivity index (χ1n) is 8.20. The summed E-state index contributed by atoms with van der Waals surface area (Å²) in [5, 5.41) is 23.0. The van der Waals surface area contributed by atoms with Crippen molar-refractivity contribution >= 4 is 40.5 Å². The van der Waals surface area contributed by atoms with Crippen LogP contribution < -0.4 is 5.32 Å². The molecule has 0 aliphatic heterocycles. The maximum atomic E-state index is 12.3. The van der Waals surface area contributed by atoms with E-state index in [1.165, 1.54) is 17.8 Å². The van der Waals surface area contributed by atoms with Crippen LogP contribution >= 0.6 is 23.2 Å². The van der Waals surface area contributed by atoms with E-state index >= 15 is 0 Å². The Balaban J connectivity index is 1.68. The molecule has 9 nitrogen and oxygen atoms in total. The minimum atomic E-state index is -0.504. The predicted molar refractivity (Wildman–Crippen MR) is 105 cm³/mol. The van der Waals surface area contributed by atoms with Gasteiger partial charge in [0.25, 0.3) is 0 Å². The summed E-state index contributed by atoms with van der Waals surface area (Å²) in [6.07, 6.45) is 3.13. The van der Waals surface area contributed by atoms with Crippen molar-refractivity contribution in [2.75, 3.05) is 5.32 Å². The molecule has 3 rings (SSSR count). The number of nitrogens with zero attached hydrogens (tertiary/aromatic N) is 5. The van der Waals surface area contributed by atoms with Gasteiger partial charge in [0.15, 0.2) is 0 Å². The van der Waals surface area contributed by atoms with Crippen LogP contribution in [-0.2, 0) is 17.9 Å². The lowest BCUT2D eigenvalue weighted by molar-refractivity contribution is -0.386. The lowest BCUT2D eigenvalue weighted by atomic mass is 10.2. The molecule has 0 aliphatic rings. The number of hydrogen-bond donors (Lipinski definition) is 1. The zero-order chi connectivity index (χ0) is 20.4. The van der Waals surface area contributed by atoms with Gasteiger partial charge in [0.2, 0.25) is 5.91 Å². The van der Waals surface area contributed by atoms with Crippen LogP contribution in [0.1, 0.15) is 17.0 Å². The Hall–Kier alpha value is -2.91. The van der Waals surface area contributed by atoms with Gasteiger partial charge in [-0.2, -0.15) is 10.2 Å². The number of hydrogen-bond acceptors (Lipinski definition) is 5. The van der Waals surface area contributed by atoms with Crippen molar-refractivity contribution in [3.05, 3.63) is 67.7 Å². The highest BCUT2D eigenvalue weighted by Gasteiger charge is 2.22. The fourth-order valence-electron chi connectivity index (χ4n) is 2.80. The average Bonchev–Trinajstić information content (AvgIpc) is 3.15. The van der Waals surface area contributed by atoms with E-state index in [2.05, 4.69) is 15.5 Å². The van der Waals surface area contributed by atoms with Crippen molar-refractivity contribution in [3.8, 4) is 0 Å². The fourth-order valence-corrected chi connectivity index (χ4v) is 3.32. The molecule has 28 heavy (non-hydrogen) atoms. The van der Waals surface area contributed by atoms with Crippen molar-refractivity contribution < 1.29 is 9.72 Å². The van der Waals surface area contributed by atoms with E-state index in [0.29, 0.717) is 28.0 Å². The normalized spacial score (nSPS) is 10.9. The third-order valence-electron chi connectivity index (χ3n) is 4.12. The molecule has 3 aromatic rings. The molecule has 1 N–H and O–H groups in total. The van der Waals surface area contributed by atoms with Crippen molar-refractivity contribution in [1.82, 2.24) is 19.6 Å². The smallest absolute Gasteiger partial charge is 0.312 e. The van der Waals surface area contributed by atoms with Gasteiger partial charge in [0.05, 0.1) is 23.4 Å². The van der Waals surface area contributed by atoms with Gasteiger partial charge in [0.1, 0.15) is 17.9 Å². The van der Waals surface area contributed by atoms with Gasteiger partial charge >= 0.3 is 5.69 Å². The van der Waals surface area contributed by atoms with Crippen LogP contribution in [0, 0.1) is 24.0 Å². The molecule has 1 amide bonds. The van der Waals surface area contributed by atoms with Crippen LogP contribution in [0.4, 0.5) is 11.4 Å². The minimum Gasteiger partial charge on any atom is -0.322 e. The number of benzene rings is 1. The summed E-state index contributed by atoms with van der Waals surface area (Å²) in [6.45, 7) is 3.28. The summed E-state index contributed by atoms with van der Waals surface area (Å²) in [7, 11) is 0. The number of anilines is 1. The quantitative estimate of drug-likeness (QED) is 0.482. The highest BCUT2D eigenvalue weighted by atomic mass is 35.5. The Morgan fingerprint density at radius 3 is 2.57 bits per heavy atom. The van der Waals surface area contributed by atoms with E-state index in [-0.39, 0.29) is 23.8 Å². The monoisotopic (exact) mass is 422 g/mol. The molecule has 2 aromatic heterocycles. The first-order valence-corrected chi connectivity index (χ1v) is 8.95. The largest absolute Gasteiger partial charge is 0.322 e. The zero-order valence-corrected chi connectivity index (χ0v) is 16.5. The summed E-state index contributed by atoms with van der Waals surface area (Å²) in [6, 6.07) is 5.23.